The smallest absolute Gasteiger partial charge is 0.229 e. The van der Waals surface area contributed by atoms with Crippen molar-refractivity contribution in [3.05, 3.63) is 41.5 Å². The summed E-state index contributed by atoms with van der Waals surface area (Å²) in [6, 6.07) is 7.07. The topological polar surface area (TPSA) is 179 Å². The van der Waals surface area contributed by atoms with Crippen molar-refractivity contribution in [1.82, 2.24) is 0 Å². The Morgan fingerprint density at radius 3 is 2.39 bits per heavy atom. The molecule has 1 fully saturated rings. The molecule has 4 rings (SSSR count). The van der Waals surface area contributed by atoms with Gasteiger partial charge in [0.25, 0.3) is 0 Å². The van der Waals surface area contributed by atoms with E-state index in [9.17, 15) is 35.7 Å². The summed E-state index contributed by atoms with van der Waals surface area (Å²) in [6.45, 7) is -0.597. The number of phenolic OH excluding ortho intramolecular Hbond substituents is 2. The highest BCUT2D eigenvalue weighted by molar-refractivity contribution is 5.53. The molecule has 7 N–H and O–H groups in total. The first-order valence-electron chi connectivity index (χ1n) is 10.3. The van der Waals surface area contributed by atoms with Crippen molar-refractivity contribution in [2.75, 3.05) is 13.7 Å². The number of hydrogen-bond acceptors (Lipinski definition) is 11. The minimum Gasteiger partial charge on any atom is -0.504 e. The minimum atomic E-state index is -1.60. The van der Waals surface area contributed by atoms with Crippen LogP contribution in [-0.4, -0.2) is 86.3 Å². The second-order valence-corrected chi connectivity index (χ2v) is 7.98. The van der Waals surface area contributed by atoms with E-state index in [1.807, 2.05) is 0 Å². The number of ether oxygens (including phenoxy) is 4. The van der Waals surface area contributed by atoms with Crippen LogP contribution in [0.25, 0.3) is 0 Å². The molecule has 33 heavy (non-hydrogen) atoms. The number of rotatable bonds is 5. The molecule has 0 aromatic heterocycles. The molecule has 0 radical (unpaired) electrons. The Kier molecular flexibility index (Phi) is 6.52. The molecule has 2 aromatic carbocycles. The molecule has 1 saturated heterocycles. The van der Waals surface area contributed by atoms with Crippen molar-refractivity contribution in [2.24, 2.45) is 0 Å². The van der Waals surface area contributed by atoms with Crippen LogP contribution in [0.1, 0.15) is 17.2 Å². The van der Waals surface area contributed by atoms with Crippen LogP contribution in [-0.2, 0) is 11.2 Å². The highest BCUT2D eigenvalue weighted by atomic mass is 16.7. The Hall–Kier alpha value is -2.80. The highest BCUT2D eigenvalue weighted by Crippen LogP contribution is 2.44. The molecule has 2 heterocycles. The van der Waals surface area contributed by atoms with Gasteiger partial charge in [0.1, 0.15) is 47.8 Å². The predicted octanol–water partition coefficient (Wildman–Crippen LogP) is -0.678. The van der Waals surface area contributed by atoms with Gasteiger partial charge in [-0.25, -0.2) is 0 Å². The minimum absolute atomic E-state index is 0.138. The van der Waals surface area contributed by atoms with E-state index in [4.69, 9.17) is 18.9 Å². The van der Waals surface area contributed by atoms with Crippen LogP contribution in [0.3, 0.4) is 0 Å². The van der Waals surface area contributed by atoms with Crippen molar-refractivity contribution in [3.63, 3.8) is 0 Å². The van der Waals surface area contributed by atoms with Crippen molar-refractivity contribution in [2.45, 2.75) is 49.3 Å². The molecule has 0 spiro atoms. The molecule has 11 nitrogen and oxygen atoms in total. The fraction of sp³-hybridized carbons (Fsp3) is 0.455. The number of aromatic hydroxyl groups is 2. The molecule has 7 atom stereocenters. The molecule has 0 aliphatic carbocycles. The monoisotopic (exact) mass is 466 g/mol. The van der Waals surface area contributed by atoms with Gasteiger partial charge in [0.15, 0.2) is 11.5 Å². The molecule has 2 aliphatic heterocycles. The van der Waals surface area contributed by atoms with Gasteiger partial charge in [-0.15, -0.1) is 0 Å². The van der Waals surface area contributed by atoms with Gasteiger partial charge in [-0.2, -0.15) is 0 Å². The van der Waals surface area contributed by atoms with Crippen molar-refractivity contribution < 1.29 is 54.7 Å². The van der Waals surface area contributed by atoms with Gasteiger partial charge in [0.05, 0.1) is 19.8 Å². The maximum atomic E-state index is 10.6. The van der Waals surface area contributed by atoms with E-state index in [0.717, 1.165) is 0 Å². The van der Waals surface area contributed by atoms with Crippen molar-refractivity contribution in [3.8, 4) is 28.7 Å². The average Bonchev–Trinajstić information content (AvgIpc) is 2.80. The van der Waals surface area contributed by atoms with Gasteiger partial charge in [0.2, 0.25) is 6.29 Å². The highest BCUT2D eigenvalue weighted by Gasteiger charge is 2.45. The summed E-state index contributed by atoms with van der Waals surface area (Å²) in [5, 5.41) is 69.5. The van der Waals surface area contributed by atoms with E-state index in [0.29, 0.717) is 22.6 Å². The van der Waals surface area contributed by atoms with Gasteiger partial charge in [-0.1, -0.05) is 6.07 Å². The molecule has 0 bridgehead atoms. The molecule has 11 heteroatoms. The van der Waals surface area contributed by atoms with Gasteiger partial charge < -0.3 is 54.7 Å². The number of hydrogen-bond donors (Lipinski definition) is 7. The number of benzene rings is 2. The fourth-order valence-corrected chi connectivity index (χ4v) is 3.99. The number of methoxy groups -OCH3 is 1. The summed E-state index contributed by atoms with van der Waals surface area (Å²) in [5.74, 6) is 0.112. The van der Waals surface area contributed by atoms with E-state index < -0.39 is 49.5 Å². The standard InChI is InChI=1S/C22H26O11/c1-30-15-5-10(31-22-20(29)19(28)18(27)17(8-23)33-22)6-16-11(15)7-14(26)21(32-16)9-2-3-12(24)13(25)4-9/h2-6,14,17-29H,7-8H2,1H3/t14-,17-,18-,19+,20-,21-,22-/m1/s1. The maximum Gasteiger partial charge on any atom is 0.229 e. The van der Waals surface area contributed by atoms with Crippen LogP contribution in [0, 0.1) is 0 Å². The van der Waals surface area contributed by atoms with Gasteiger partial charge in [0, 0.05) is 24.1 Å². The van der Waals surface area contributed by atoms with Gasteiger partial charge >= 0.3 is 0 Å². The van der Waals surface area contributed by atoms with Crippen LogP contribution >= 0.6 is 0 Å². The Labute approximate surface area is 188 Å². The number of phenols is 2. The second kappa shape index (κ2) is 9.21. The molecular formula is C22H26O11. The Balaban J connectivity index is 1.62. The Bertz CT molecular complexity index is 995. The number of fused-ring (bicyclic) bond motifs is 1. The van der Waals surface area contributed by atoms with Crippen LogP contribution in [0.5, 0.6) is 28.7 Å². The molecule has 0 unspecified atom stereocenters. The Morgan fingerprint density at radius 2 is 1.73 bits per heavy atom. The lowest BCUT2D eigenvalue weighted by Gasteiger charge is -2.39. The van der Waals surface area contributed by atoms with E-state index in [1.54, 1.807) is 0 Å². The lowest BCUT2D eigenvalue weighted by molar-refractivity contribution is -0.277. The predicted molar refractivity (Wildman–Crippen MR) is 110 cm³/mol. The molecule has 2 aliphatic rings. The van der Waals surface area contributed by atoms with Gasteiger partial charge in [-0.3, -0.25) is 0 Å². The summed E-state index contributed by atoms with van der Waals surface area (Å²) in [7, 11) is 1.42. The molecule has 0 saturated carbocycles. The quantitative estimate of drug-likeness (QED) is 0.278. The van der Waals surface area contributed by atoms with Crippen LogP contribution in [0.15, 0.2) is 30.3 Å². The summed E-state index contributed by atoms with van der Waals surface area (Å²) in [5.41, 5.74) is 0.994. The van der Waals surface area contributed by atoms with Crippen molar-refractivity contribution >= 4 is 0 Å². The third-order valence-electron chi connectivity index (χ3n) is 5.81. The molecule has 180 valence electrons. The average molecular weight is 466 g/mol. The number of aliphatic hydroxyl groups excluding tert-OH is 5. The fourth-order valence-electron chi connectivity index (χ4n) is 3.99. The van der Waals surface area contributed by atoms with Crippen molar-refractivity contribution in [1.29, 1.82) is 0 Å². The normalized spacial score (nSPS) is 31.4. The van der Waals surface area contributed by atoms with E-state index in [-0.39, 0.29) is 23.7 Å². The lowest BCUT2D eigenvalue weighted by Crippen LogP contribution is -2.60. The summed E-state index contributed by atoms with van der Waals surface area (Å²) < 4.78 is 22.4. The van der Waals surface area contributed by atoms with Crippen LogP contribution < -0.4 is 14.2 Å². The van der Waals surface area contributed by atoms with E-state index in [1.165, 1.54) is 37.4 Å². The Morgan fingerprint density at radius 1 is 0.970 bits per heavy atom. The van der Waals surface area contributed by atoms with E-state index in [2.05, 4.69) is 0 Å². The first-order valence-corrected chi connectivity index (χ1v) is 10.3. The third kappa shape index (κ3) is 4.38. The summed E-state index contributed by atoms with van der Waals surface area (Å²) in [4.78, 5) is 0. The zero-order valence-electron chi connectivity index (χ0n) is 17.6. The first kappa shape index (κ1) is 23.4. The zero-order valence-corrected chi connectivity index (χ0v) is 17.6. The van der Waals surface area contributed by atoms with Crippen LogP contribution in [0.2, 0.25) is 0 Å². The summed E-state index contributed by atoms with van der Waals surface area (Å²) >= 11 is 0. The zero-order chi connectivity index (χ0) is 23.9. The molecule has 0 amide bonds. The lowest BCUT2D eigenvalue weighted by atomic mass is 9.94. The second-order valence-electron chi connectivity index (χ2n) is 7.98. The van der Waals surface area contributed by atoms with E-state index >= 15 is 0 Å². The summed E-state index contributed by atoms with van der Waals surface area (Å²) in [6.07, 6.45) is -8.93. The van der Waals surface area contributed by atoms with Gasteiger partial charge in [-0.05, 0) is 17.7 Å². The third-order valence-corrected chi connectivity index (χ3v) is 5.81. The largest absolute Gasteiger partial charge is 0.504 e. The SMILES string of the molecule is COc1cc(O[C@@H]2O[C@H](CO)[C@@H](O)[C@H](O)[C@H]2O)cc2c1C[C@@H](O)[C@@H](c1ccc(O)c(O)c1)O2. The first-order chi connectivity index (χ1) is 15.7. The maximum absolute atomic E-state index is 10.6. The molecule has 2 aromatic rings. The van der Waals surface area contributed by atoms with Crippen LogP contribution in [0.4, 0.5) is 0 Å². The number of aliphatic hydroxyl groups is 5. The molecular weight excluding hydrogens is 440 g/mol.